The molecule has 1 aliphatic rings. The van der Waals surface area contributed by atoms with Crippen LogP contribution in [0.4, 0.5) is 0 Å². The molecule has 5 nitrogen and oxygen atoms in total. The van der Waals surface area contributed by atoms with Gasteiger partial charge in [0, 0.05) is 18.2 Å². The molecular formula is C22H33ClN4O. The van der Waals surface area contributed by atoms with Crippen LogP contribution in [0.25, 0.3) is 5.69 Å². The summed E-state index contributed by atoms with van der Waals surface area (Å²) in [7, 11) is 0. The van der Waals surface area contributed by atoms with Crippen LogP contribution < -0.4 is 10.6 Å². The van der Waals surface area contributed by atoms with Gasteiger partial charge in [-0.25, -0.2) is 4.68 Å². The molecule has 0 bridgehead atoms. The molecule has 1 amide bonds. The van der Waals surface area contributed by atoms with Gasteiger partial charge in [0.15, 0.2) is 0 Å². The molecule has 0 saturated carbocycles. The molecule has 1 fully saturated rings. The number of amides is 1. The van der Waals surface area contributed by atoms with Gasteiger partial charge >= 0.3 is 0 Å². The van der Waals surface area contributed by atoms with E-state index in [9.17, 15) is 4.79 Å². The number of carbonyl (C=O) groups is 1. The number of rotatable bonds is 4. The summed E-state index contributed by atoms with van der Waals surface area (Å²) in [5.74, 6) is -0.0296. The largest absolute Gasteiger partial charge is 0.351 e. The first-order valence-electron chi connectivity index (χ1n) is 9.84. The first-order chi connectivity index (χ1) is 12.7. The Morgan fingerprint density at radius 1 is 1.21 bits per heavy atom. The third-order valence-corrected chi connectivity index (χ3v) is 5.45. The van der Waals surface area contributed by atoms with Crippen LogP contribution >= 0.6 is 12.4 Å². The second kappa shape index (κ2) is 8.66. The van der Waals surface area contributed by atoms with Crippen LogP contribution in [0.5, 0.6) is 0 Å². The first-order valence-corrected chi connectivity index (χ1v) is 9.84. The van der Waals surface area contributed by atoms with Crippen molar-refractivity contribution in [3.05, 3.63) is 47.3 Å². The molecule has 0 spiro atoms. The van der Waals surface area contributed by atoms with Crippen molar-refractivity contribution < 1.29 is 4.79 Å². The Morgan fingerprint density at radius 3 is 2.39 bits per heavy atom. The number of piperidine rings is 1. The number of carbonyl (C=O) groups excluding carboxylic acids is 1. The van der Waals surface area contributed by atoms with E-state index in [2.05, 4.69) is 57.4 Å². The van der Waals surface area contributed by atoms with Crippen LogP contribution in [0.2, 0.25) is 0 Å². The van der Waals surface area contributed by atoms with Crippen LogP contribution in [-0.4, -0.2) is 35.3 Å². The summed E-state index contributed by atoms with van der Waals surface area (Å²) in [5, 5.41) is 11.3. The normalized spacial score (nSPS) is 16.3. The lowest BCUT2D eigenvalue weighted by Crippen LogP contribution is -2.43. The number of aromatic nitrogens is 2. The van der Waals surface area contributed by atoms with Crippen LogP contribution in [-0.2, 0) is 5.41 Å². The van der Waals surface area contributed by atoms with Crippen molar-refractivity contribution >= 4 is 18.3 Å². The highest BCUT2D eigenvalue weighted by Gasteiger charge is 2.30. The van der Waals surface area contributed by atoms with Gasteiger partial charge in [-0.2, -0.15) is 5.10 Å². The zero-order valence-corrected chi connectivity index (χ0v) is 18.4. The molecule has 0 radical (unpaired) electrons. The molecule has 0 atom stereocenters. The molecule has 1 aromatic heterocycles. The number of nitrogens with zero attached hydrogens (tertiary/aromatic N) is 2. The summed E-state index contributed by atoms with van der Waals surface area (Å²) in [4.78, 5) is 13.0. The summed E-state index contributed by atoms with van der Waals surface area (Å²) in [6.45, 7) is 13.4. The lowest BCUT2D eigenvalue weighted by Gasteiger charge is -2.34. The molecule has 154 valence electrons. The molecule has 0 aliphatic carbocycles. The molecule has 2 aromatic rings. The molecule has 2 N–H and O–H groups in total. The average molecular weight is 405 g/mol. The van der Waals surface area contributed by atoms with Crippen molar-refractivity contribution in [3.8, 4) is 5.69 Å². The topological polar surface area (TPSA) is 59.0 Å². The van der Waals surface area contributed by atoms with Gasteiger partial charge in [0.05, 0.1) is 16.9 Å². The monoisotopic (exact) mass is 404 g/mol. The fraction of sp³-hybridized carbons (Fsp3) is 0.545. The predicted octanol–water partition coefficient (Wildman–Crippen LogP) is 4.02. The smallest absolute Gasteiger partial charge is 0.254 e. The molecule has 1 aromatic carbocycles. The van der Waals surface area contributed by atoms with E-state index in [4.69, 9.17) is 5.10 Å². The predicted molar refractivity (Wildman–Crippen MR) is 117 cm³/mol. The minimum absolute atomic E-state index is 0. The third kappa shape index (κ3) is 5.15. The molecule has 3 rings (SSSR count). The van der Waals surface area contributed by atoms with Gasteiger partial charge in [0.1, 0.15) is 0 Å². The highest BCUT2D eigenvalue weighted by molar-refractivity contribution is 5.95. The zero-order chi connectivity index (χ0) is 19.7. The van der Waals surface area contributed by atoms with Crippen molar-refractivity contribution in [3.63, 3.8) is 0 Å². The second-order valence-electron chi connectivity index (χ2n) is 9.16. The fourth-order valence-corrected chi connectivity index (χ4v) is 3.52. The van der Waals surface area contributed by atoms with Gasteiger partial charge in [-0.05, 0) is 50.4 Å². The Hall–Kier alpha value is -1.85. The Kier molecular flexibility index (Phi) is 6.94. The van der Waals surface area contributed by atoms with Crippen molar-refractivity contribution in [1.82, 2.24) is 20.4 Å². The molecule has 6 heteroatoms. The maximum absolute atomic E-state index is 13.0. The molecule has 1 aliphatic heterocycles. The minimum atomic E-state index is -0.207. The number of halogens is 1. The van der Waals surface area contributed by atoms with Gasteiger partial charge in [0.2, 0.25) is 0 Å². The van der Waals surface area contributed by atoms with Crippen molar-refractivity contribution in [1.29, 1.82) is 0 Å². The van der Waals surface area contributed by atoms with Crippen molar-refractivity contribution in [2.24, 2.45) is 5.41 Å². The Balaban J connectivity index is 0.00000280. The van der Waals surface area contributed by atoms with E-state index >= 15 is 0 Å². The van der Waals surface area contributed by atoms with Gasteiger partial charge in [-0.3, -0.25) is 4.79 Å². The van der Waals surface area contributed by atoms with E-state index in [1.807, 2.05) is 23.0 Å². The molecule has 0 unspecified atom stereocenters. The van der Waals surface area contributed by atoms with Gasteiger partial charge in [-0.15, -0.1) is 12.4 Å². The van der Waals surface area contributed by atoms with Gasteiger partial charge in [-0.1, -0.05) is 45.4 Å². The lowest BCUT2D eigenvalue weighted by atomic mass is 9.81. The lowest BCUT2D eigenvalue weighted by molar-refractivity contribution is 0.0920. The van der Waals surface area contributed by atoms with E-state index < -0.39 is 0 Å². The van der Waals surface area contributed by atoms with Crippen LogP contribution in [0.15, 0.2) is 30.5 Å². The number of nitrogens with one attached hydrogen (secondary N) is 2. The third-order valence-electron chi connectivity index (χ3n) is 5.45. The number of hydrogen-bond donors (Lipinski definition) is 2. The highest BCUT2D eigenvalue weighted by Crippen LogP contribution is 2.28. The molecular weight excluding hydrogens is 372 g/mol. The summed E-state index contributed by atoms with van der Waals surface area (Å²) in [6.07, 6.45) is 4.04. The second-order valence-corrected chi connectivity index (χ2v) is 9.16. The molecule has 28 heavy (non-hydrogen) atoms. The van der Waals surface area contributed by atoms with Gasteiger partial charge < -0.3 is 10.6 Å². The number of hydrogen-bond acceptors (Lipinski definition) is 3. The SMILES string of the molecule is Cc1ccc(-n2cc(C(=O)NCC3(C)CCNCC3)c(C(C)(C)C)n2)cc1.Cl. The van der Waals surface area contributed by atoms with E-state index in [0.29, 0.717) is 12.1 Å². The maximum atomic E-state index is 13.0. The summed E-state index contributed by atoms with van der Waals surface area (Å²) < 4.78 is 1.82. The molecule has 2 heterocycles. The van der Waals surface area contributed by atoms with Gasteiger partial charge in [0.25, 0.3) is 5.91 Å². The standard InChI is InChI=1S/C22H32N4O.ClH/c1-16-6-8-17(9-7-16)26-14-18(19(25-26)21(2,3)4)20(27)24-15-22(5)10-12-23-13-11-22;/h6-9,14,23H,10-13,15H2,1-5H3,(H,24,27);1H. The van der Waals surface area contributed by atoms with E-state index in [1.54, 1.807) is 0 Å². The van der Waals surface area contributed by atoms with E-state index in [0.717, 1.165) is 37.3 Å². The first kappa shape index (κ1) is 22.4. The Bertz CT molecular complexity index is 799. The molecule has 1 saturated heterocycles. The van der Waals surface area contributed by atoms with Crippen LogP contribution in [0.1, 0.15) is 62.2 Å². The zero-order valence-electron chi connectivity index (χ0n) is 17.6. The summed E-state index contributed by atoms with van der Waals surface area (Å²) >= 11 is 0. The van der Waals surface area contributed by atoms with E-state index in [1.165, 1.54) is 5.56 Å². The van der Waals surface area contributed by atoms with Crippen molar-refractivity contribution in [2.45, 2.75) is 52.9 Å². The summed E-state index contributed by atoms with van der Waals surface area (Å²) in [6, 6.07) is 8.19. The number of benzene rings is 1. The summed E-state index contributed by atoms with van der Waals surface area (Å²) in [5.41, 5.74) is 3.62. The maximum Gasteiger partial charge on any atom is 0.254 e. The number of aryl methyl sites for hydroxylation is 1. The Labute approximate surface area is 174 Å². The quantitative estimate of drug-likeness (QED) is 0.809. The van der Waals surface area contributed by atoms with Crippen molar-refractivity contribution in [2.75, 3.05) is 19.6 Å². The van der Waals surface area contributed by atoms with Crippen LogP contribution in [0, 0.1) is 12.3 Å². The fourth-order valence-electron chi connectivity index (χ4n) is 3.52. The van der Waals surface area contributed by atoms with E-state index in [-0.39, 0.29) is 29.1 Å². The van der Waals surface area contributed by atoms with Crippen LogP contribution in [0.3, 0.4) is 0 Å². The Morgan fingerprint density at radius 2 is 1.82 bits per heavy atom. The highest BCUT2D eigenvalue weighted by atomic mass is 35.5. The average Bonchev–Trinajstić information content (AvgIpc) is 3.07. The minimum Gasteiger partial charge on any atom is -0.351 e.